The van der Waals surface area contributed by atoms with Gasteiger partial charge in [0.1, 0.15) is 23.0 Å². The zero-order valence-electron chi connectivity index (χ0n) is 16.3. The molecule has 3 rings (SSSR count). The molecule has 1 heterocycles. The van der Waals surface area contributed by atoms with E-state index in [1.165, 1.54) is 30.9 Å². The minimum Gasteiger partial charge on any atom is -0.457 e. The molecule has 2 unspecified atom stereocenters. The first kappa shape index (κ1) is 21.8. The summed E-state index contributed by atoms with van der Waals surface area (Å²) in [6.45, 7) is 1.08. The van der Waals surface area contributed by atoms with E-state index in [1.807, 2.05) is 18.2 Å². The van der Waals surface area contributed by atoms with Crippen LogP contribution in [-0.2, 0) is 19.6 Å². The smallest absolute Gasteiger partial charge is 0.377 e. The number of sulfone groups is 1. The number of β-amino-alcohol motifs (C(OH)–C–C–N with tert-alkyl or cyclic N) is 1. The van der Waals surface area contributed by atoms with Crippen molar-refractivity contribution in [2.24, 2.45) is 0 Å². The molecule has 0 aliphatic carbocycles. The molecule has 0 saturated carbocycles. The maximum Gasteiger partial charge on any atom is 0.377 e. The Balaban J connectivity index is 1.94. The Kier molecular flexibility index (Phi) is 6.62. The molecule has 156 valence electrons. The summed E-state index contributed by atoms with van der Waals surface area (Å²) in [6.07, 6.45) is -1.05. The van der Waals surface area contributed by atoms with E-state index in [9.17, 15) is 18.5 Å². The van der Waals surface area contributed by atoms with Crippen molar-refractivity contribution >= 4 is 16.9 Å². The van der Waals surface area contributed by atoms with Gasteiger partial charge in [0.2, 0.25) is 0 Å². The van der Waals surface area contributed by atoms with Gasteiger partial charge in [0, 0.05) is 13.0 Å². The number of hydrogen-bond donors (Lipinski definition) is 2. The number of aliphatic hydroxyl groups excluding tert-OH is 1. The van der Waals surface area contributed by atoms with Crippen LogP contribution in [0.25, 0.3) is 0 Å². The van der Waals surface area contributed by atoms with Crippen molar-refractivity contribution in [3.05, 3.63) is 54.6 Å². The Morgan fingerprint density at radius 2 is 1.76 bits per heavy atom. The number of ether oxygens (including phenoxy) is 1. The maximum atomic E-state index is 13.6. The molecule has 10 heteroatoms. The zero-order valence-corrected chi connectivity index (χ0v) is 17.1. The Labute approximate surface area is 170 Å². The van der Waals surface area contributed by atoms with Crippen molar-refractivity contribution in [1.82, 2.24) is 4.81 Å². The standard InChI is InChI=1S/C19H24BNO7S/c1-20(23)21-13-15(22)12-19(21,14-27-26-2)29(24,25)18-10-8-17(9-11-18)28-16-6-4-3-5-7-16/h3-11,15,22-23H,12-14H2,1-2H3. The van der Waals surface area contributed by atoms with E-state index >= 15 is 0 Å². The first-order chi connectivity index (χ1) is 13.8. The third-order valence-electron chi connectivity index (χ3n) is 4.95. The summed E-state index contributed by atoms with van der Waals surface area (Å²) in [5.41, 5.74) is 0. The fourth-order valence-corrected chi connectivity index (χ4v) is 5.69. The minimum atomic E-state index is -4.04. The van der Waals surface area contributed by atoms with Crippen LogP contribution >= 0.6 is 0 Å². The monoisotopic (exact) mass is 421 g/mol. The van der Waals surface area contributed by atoms with E-state index in [0.29, 0.717) is 11.5 Å². The van der Waals surface area contributed by atoms with Gasteiger partial charge in [0.05, 0.1) is 18.1 Å². The Morgan fingerprint density at radius 3 is 2.34 bits per heavy atom. The highest BCUT2D eigenvalue weighted by atomic mass is 32.2. The van der Waals surface area contributed by atoms with Crippen molar-refractivity contribution in [2.45, 2.75) is 29.1 Å². The topological polar surface area (TPSA) is 106 Å². The lowest BCUT2D eigenvalue weighted by Gasteiger charge is -2.37. The van der Waals surface area contributed by atoms with E-state index < -0.39 is 27.9 Å². The average molecular weight is 421 g/mol. The van der Waals surface area contributed by atoms with Gasteiger partial charge in [-0.2, -0.15) is 0 Å². The van der Waals surface area contributed by atoms with Crippen LogP contribution in [0, 0.1) is 0 Å². The van der Waals surface area contributed by atoms with E-state index in [0.717, 1.165) is 0 Å². The van der Waals surface area contributed by atoms with Crippen molar-refractivity contribution in [3.8, 4) is 11.5 Å². The van der Waals surface area contributed by atoms with Gasteiger partial charge in [-0.3, -0.25) is 4.81 Å². The van der Waals surface area contributed by atoms with Gasteiger partial charge in [-0.15, -0.1) is 0 Å². The van der Waals surface area contributed by atoms with Crippen molar-refractivity contribution in [2.75, 3.05) is 20.3 Å². The molecular formula is C19H24BNO7S. The molecule has 0 aromatic heterocycles. The van der Waals surface area contributed by atoms with Gasteiger partial charge in [0.15, 0.2) is 9.84 Å². The highest BCUT2D eigenvalue weighted by molar-refractivity contribution is 7.92. The third-order valence-corrected chi connectivity index (χ3v) is 7.36. The lowest BCUT2D eigenvalue weighted by Crippen LogP contribution is -2.58. The molecule has 1 fully saturated rings. The highest BCUT2D eigenvalue weighted by Crippen LogP contribution is 2.40. The molecule has 2 atom stereocenters. The summed E-state index contributed by atoms with van der Waals surface area (Å²) in [4.78, 5) is 9.30. The van der Waals surface area contributed by atoms with Crippen LogP contribution in [-0.4, -0.2) is 61.6 Å². The maximum absolute atomic E-state index is 13.6. The number of rotatable bonds is 8. The van der Waals surface area contributed by atoms with Gasteiger partial charge in [0.25, 0.3) is 0 Å². The quantitative estimate of drug-likeness (QED) is 0.377. The van der Waals surface area contributed by atoms with Crippen LogP contribution in [0.2, 0.25) is 6.82 Å². The van der Waals surface area contributed by atoms with E-state index in [2.05, 4.69) is 4.89 Å². The van der Waals surface area contributed by atoms with Crippen molar-refractivity contribution in [1.29, 1.82) is 0 Å². The van der Waals surface area contributed by atoms with Crippen LogP contribution < -0.4 is 4.74 Å². The summed E-state index contributed by atoms with van der Waals surface area (Å²) in [7, 11) is -3.88. The number of aliphatic hydroxyl groups is 1. The average Bonchev–Trinajstić information content (AvgIpc) is 3.06. The summed E-state index contributed by atoms with van der Waals surface area (Å²) in [5.74, 6) is 1.11. The predicted molar refractivity (Wildman–Crippen MR) is 107 cm³/mol. The van der Waals surface area contributed by atoms with Crippen LogP contribution in [0.15, 0.2) is 59.5 Å². The molecule has 0 radical (unpaired) electrons. The number of nitrogens with zero attached hydrogens (tertiary/aromatic N) is 1. The molecular weight excluding hydrogens is 397 g/mol. The zero-order chi connectivity index (χ0) is 21.1. The summed E-state index contributed by atoms with van der Waals surface area (Å²) >= 11 is 0. The van der Waals surface area contributed by atoms with Crippen LogP contribution in [0.1, 0.15) is 6.42 Å². The second-order valence-corrected chi connectivity index (χ2v) is 9.15. The fourth-order valence-electron chi connectivity index (χ4n) is 3.60. The molecule has 2 N–H and O–H groups in total. The molecule has 2 aromatic carbocycles. The fraction of sp³-hybridized carbons (Fsp3) is 0.368. The number of para-hydroxylation sites is 1. The van der Waals surface area contributed by atoms with E-state index in [1.54, 1.807) is 24.3 Å². The molecule has 2 aromatic rings. The van der Waals surface area contributed by atoms with Crippen LogP contribution in [0.3, 0.4) is 0 Å². The summed E-state index contributed by atoms with van der Waals surface area (Å²) in [5, 5.41) is 20.3. The number of benzene rings is 2. The largest absolute Gasteiger partial charge is 0.457 e. The summed E-state index contributed by atoms with van der Waals surface area (Å²) < 4.78 is 32.8. The van der Waals surface area contributed by atoms with E-state index in [-0.39, 0.29) is 24.5 Å². The van der Waals surface area contributed by atoms with Gasteiger partial charge in [-0.25, -0.2) is 18.2 Å². The molecule has 29 heavy (non-hydrogen) atoms. The molecule has 1 saturated heterocycles. The SMILES string of the molecule is COOCC1(S(=O)(=O)c2ccc(Oc3ccccc3)cc2)CC(O)CN1B(C)O. The second kappa shape index (κ2) is 8.82. The molecule has 0 amide bonds. The minimum absolute atomic E-state index is 0.000821. The Hall–Kier alpha value is -1.95. The first-order valence-corrected chi connectivity index (χ1v) is 10.6. The Morgan fingerprint density at radius 1 is 1.14 bits per heavy atom. The van der Waals surface area contributed by atoms with E-state index in [4.69, 9.17) is 9.62 Å². The van der Waals surface area contributed by atoms with Gasteiger partial charge < -0.3 is 14.9 Å². The van der Waals surface area contributed by atoms with Crippen LogP contribution in [0.4, 0.5) is 0 Å². The van der Waals surface area contributed by atoms with Gasteiger partial charge in [-0.1, -0.05) is 18.2 Å². The Bertz CT molecular complexity index is 908. The van der Waals surface area contributed by atoms with Gasteiger partial charge >= 0.3 is 7.05 Å². The summed E-state index contributed by atoms with van der Waals surface area (Å²) in [6, 6.07) is 15.1. The number of hydrogen-bond acceptors (Lipinski definition) is 8. The third kappa shape index (κ3) is 4.32. The molecule has 0 spiro atoms. The predicted octanol–water partition coefficient (Wildman–Crippen LogP) is 1.70. The normalized spacial score (nSPS) is 22.6. The second-order valence-electron chi connectivity index (χ2n) is 6.91. The lowest BCUT2D eigenvalue weighted by atomic mass is 9.84. The lowest BCUT2D eigenvalue weighted by molar-refractivity contribution is -0.280. The molecule has 0 bridgehead atoms. The molecule has 1 aliphatic heterocycles. The van der Waals surface area contributed by atoms with Crippen LogP contribution in [0.5, 0.6) is 11.5 Å². The molecule has 8 nitrogen and oxygen atoms in total. The van der Waals surface area contributed by atoms with Crippen molar-refractivity contribution < 1.29 is 33.1 Å². The first-order valence-electron chi connectivity index (χ1n) is 9.16. The highest BCUT2D eigenvalue weighted by Gasteiger charge is 2.57. The van der Waals surface area contributed by atoms with Gasteiger partial charge in [-0.05, 0) is 43.2 Å². The molecule has 1 aliphatic rings. The van der Waals surface area contributed by atoms with Crippen molar-refractivity contribution in [3.63, 3.8) is 0 Å².